The Morgan fingerprint density at radius 1 is 0.240 bits per heavy atom. The highest BCUT2D eigenvalue weighted by atomic mass is 16.3. The van der Waals surface area contributed by atoms with Crippen molar-refractivity contribution in [2.24, 2.45) is 0 Å². The van der Waals surface area contributed by atoms with E-state index in [1.54, 1.807) is 0 Å². The van der Waals surface area contributed by atoms with E-state index in [0.717, 1.165) is 88.4 Å². The van der Waals surface area contributed by atoms with Gasteiger partial charge in [0.05, 0.1) is 5.41 Å². The first-order chi connectivity index (χ1) is 37.2. The maximum absolute atomic E-state index is 6.67. The van der Waals surface area contributed by atoms with Crippen molar-refractivity contribution < 1.29 is 8.83 Å². The Balaban J connectivity index is 0.845. The molecule has 3 aromatic heterocycles. The van der Waals surface area contributed by atoms with Crippen LogP contribution in [0.3, 0.4) is 0 Å². The second-order valence-corrected chi connectivity index (χ2v) is 19.7. The maximum Gasteiger partial charge on any atom is 0.164 e. The molecule has 348 valence electrons. The average molecular weight is 956 g/mol. The van der Waals surface area contributed by atoms with Crippen molar-refractivity contribution in [3.8, 4) is 89.8 Å². The van der Waals surface area contributed by atoms with E-state index in [0.29, 0.717) is 17.5 Å². The van der Waals surface area contributed by atoms with Crippen molar-refractivity contribution in [3.05, 3.63) is 271 Å². The number of aromatic nitrogens is 3. The van der Waals surface area contributed by atoms with Gasteiger partial charge in [0.15, 0.2) is 17.5 Å². The summed E-state index contributed by atoms with van der Waals surface area (Å²) in [7, 11) is 0. The number of para-hydroxylation sites is 1. The monoisotopic (exact) mass is 955 g/mol. The van der Waals surface area contributed by atoms with E-state index in [4.69, 9.17) is 23.8 Å². The molecule has 0 atom stereocenters. The number of rotatable bonds is 6. The van der Waals surface area contributed by atoms with Crippen LogP contribution in [0.1, 0.15) is 22.3 Å². The highest BCUT2D eigenvalue weighted by Gasteiger charge is 2.51. The molecule has 0 saturated heterocycles. The number of hydrogen-bond donors (Lipinski definition) is 0. The number of hydrogen-bond acceptors (Lipinski definition) is 5. The molecule has 75 heavy (non-hydrogen) atoms. The molecule has 0 N–H and O–H groups in total. The first kappa shape index (κ1) is 41.6. The molecule has 2 aliphatic carbocycles. The van der Waals surface area contributed by atoms with Crippen LogP contribution in [0.15, 0.2) is 258 Å². The quantitative estimate of drug-likeness (QED) is 0.166. The van der Waals surface area contributed by atoms with Gasteiger partial charge in [0.25, 0.3) is 0 Å². The highest BCUT2D eigenvalue weighted by Crippen LogP contribution is 2.63. The zero-order chi connectivity index (χ0) is 49.2. The molecule has 14 aromatic rings. The van der Waals surface area contributed by atoms with E-state index >= 15 is 0 Å². The van der Waals surface area contributed by atoms with Crippen molar-refractivity contribution in [2.45, 2.75) is 5.41 Å². The van der Waals surface area contributed by atoms with Crippen molar-refractivity contribution in [1.29, 1.82) is 0 Å². The molecule has 11 aromatic carbocycles. The number of furan rings is 2. The third-order valence-electron chi connectivity index (χ3n) is 15.8. The third kappa shape index (κ3) is 6.16. The van der Waals surface area contributed by atoms with Gasteiger partial charge in [-0.25, -0.2) is 15.0 Å². The van der Waals surface area contributed by atoms with Gasteiger partial charge in [-0.2, -0.15) is 0 Å². The minimum atomic E-state index is -0.412. The van der Waals surface area contributed by atoms with Gasteiger partial charge in [-0.3, -0.25) is 0 Å². The van der Waals surface area contributed by atoms with Crippen LogP contribution >= 0.6 is 0 Å². The van der Waals surface area contributed by atoms with Gasteiger partial charge in [-0.15, -0.1) is 0 Å². The van der Waals surface area contributed by atoms with Crippen LogP contribution in [0.2, 0.25) is 0 Å². The van der Waals surface area contributed by atoms with E-state index in [9.17, 15) is 0 Å². The van der Waals surface area contributed by atoms with Gasteiger partial charge in [0.2, 0.25) is 0 Å². The minimum absolute atomic E-state index is 0.412. The lowest BCUT2D eigenvalue weighted by molar-refractivity contribution is 0.668. The fourth-order valence-electron chi connectivity index (χ4n) is 12.5. The van der Waals surface area contributed by atoms with Crippen LogP contribution in [0.4, 0.5) is 0 Å². The molecule has 0 aliphatic heterocycles. The second kappa shape index (κ2) is 16.0. The number of nitrogens with zero attached hydrogens (tertiary/aromatic N) is 3. The summed E-state index contributed by atoms with van der Waals surface area (Å²) < 4.78 is 13.0. The molecule has 0 fully saturated rings. The Labute approximate surface area is 431 Å². The Morgan fingerprint density at radius 2 is 0.653 bits per heavy atom. The number of benzene rings is 11. The summed E-state index contributed by atoms with van der Waals surface area (Å²) in [6, 6.07) is 88.7. The molecular formula is C70H41N3O2. The summed E-state index contributed by atoms with van der Waals surface area (Å²) in [5.41, 5.74) is 22.6. The lowest BCUT2D eigenvalue weighted by Crippen LogP contribution is -2.25. The molecule has 1 spiro atoms. The van der Waals surface area contributed by atoms with Gasteiger partial charge < -0.3 is 8.83 Å². The van der Waals surface area contributed by atoms with Crippen molar-refractivity contribution in [2.75, 3.05) is 0 Å². The van der Waals surface area contributed by atoms with Crippen LogP contribution in [0, 0.1) is 0 Å². The van der Waals surface area contributed by atoms with Gasteiger partial charge in [-0.1, -0.05) is 200 Å². The van der Waals surface area contributed by atoms with Crippen LogP contribution < -0.4 is 0 Å². The predicted molar refractivity (Wildman–Crippen MR) is 303 cm³/mol. The molecule has 0 radical (unpaired) electrons. The summed E-state index contributed by atoms with van der Waals surface area (Å²) >= 11 is 0. The summed E-state index contributed by atoms with van der Waals surface area (Å²) in [5, 5.41) is 3.90. The van der Waals surface area contributed by atoms with E-state index in [1.165, 1.54) is 50.1 Å². The van der Waals surface area contributed by atoms with Crippen molar-refractivity contribution in [3.63, 3.8) is 0 Å². The van der Waals surface area contributed by atoms with E-state index in [2.05, 4.69) is 200 Å². The fourth-order valence-corrected chi connectivity index (χ4v) is 12.5. The average Bonchev–Trinajstić information content (AvgIpc) is 4.29. The molecule has 3 heterocycles. The smallest absolute Gasteiger partial charge is 0.164 e. The lowest BCUT2D eigenvalue weighted by atomic mass is 9.70. The van der Waals surface area contributed by atoms with E-state index < -0.39 is 5.41 Å². The Kier molecular flexibility index (Phi) is 8.89. The summed E-state index contributed by atoms with van der Waals surface area (Å²) in [6.07, 6.45) is 0. The highest BCUT2D eigenvalue weighted by molar-refractivity contribution is 6.14. The normalized spacial score (nSPS) is 12.9. The van der Waals surface area contributed by atoms with Crippen LogP contribution in [0.5, 0.6) is 0 Å². The molecule has 0 saturated carbocycles. The molecule has 0 bridgehead atoms. The Morgan fingerprint density at radius 3 is 1.31 bits per heavy atom. The van der Waals surface area contributed by atoms with Crippen LogP contribution in [-0.2, 0) is 5.41 Å². The lowest BCUT2D eigenvalue weighted by Gasteiger charge is -2.30. The summed E-state index contributed by atoms with van der Waals surface area (Å²) in [4.78, 5) is 16.0. The molecular weight excluding hydrogens is 915 g/mol. The van der Waals surface area contributed by atoms with E-state index in [-0.39, 0.29) is 0 Å². The summed E-state index contributed by atoms with van der Waals surface area (Å²) in [6.45, 7) is 0. The third-order valence-corrected chi connectivity index (χ3v) is 15.8. The standard InChI is InChI=1S/C70H41N3O2/c1-2-16-42(17-3-1)43-18-13-21-48(39-43)67-71-68(54-26-14-32-63-65(54)53-25-7-11-31-61(53)74-63)73-69(72-67)55-27-15-33-64-66(55)56-40-46(35-37-62(56)75-64)44-19-12-20-45(38-44)47-34-36-52-51-24-6-10-30-59(51)70(60(52)41-47)57-28-8-4-22-49(57)50-23-5-9-29-58(50)70/h1-41H. The fraction of sp³-hybridized carbons (Fsp3) is 0.0143. The number of fused-ring (bicyclic) bond motifs is 16. The molecule has 5 heteroatoms. The SMILES string of the molecule is c1ccc(-c2cccc(-c3nc(-c4cccc5oc6ccccc6c45)nc(-c4cccc5oc6ccc(-c7cccc(-c8ccc9c(c8)C8(c%10ccccc%10-c%10ccccc%108)c8ccccc8-9)c7)cc6c45)n3)c2)cc1. The van der Waals surface area contributed by atoms with Crippen molar-refractivity contribution in [1.82, 2.24) is 15.0 Å². The van der Waals surface area contributed by atoms with Gasteiger partial charge in [0, 0.05) is 38.2 Å². The Hall–Kier alpha value is -9.97. The Bertz CT molecular complexity index is 4610. The van der Waals surface area contributed by atoms with Gasteiger partial charge in [-0.05, 0) is 126 Å². The molecule has 0 unspecified atom stereocenters. The van der Waals surface area contributed by atoms with E-state index in [1.807, 2.05) is 48.5 Å². The van der Waals surface area contributed by atoms with Crippen LogP contribution in [0.25, 0.3) is 134 Å². The minimum Gasteiger partial charge on any atom is -0.456 e. The van der Waals surface area contributed by atoms with Crippen molar-refractivity contribution >= 4 is 43.9 Å². The first-order valence-corrected chi connectivity index (χ1v) is 25.5. The molecule has 0 amide bonds. The van der Waals surface area contributed by atoms with Crippen LogP contribution in [-0.4, -0.2) is 15.0 Å². The zero-order valence-corrected chi connectivity index (χ0v) is 40.3. The molecule has 2 aliphatic rings. The van der Waals surface area contributed by atoms with Gasteiger partial charge in [0.1, 0.15) is 22.3 Å². The second-order valence-electron chi connectivity index (χ2n) is 19.7. The molecule has 5 nitrogen and oxygen atoms in total. The van der Waals surface area contributed by atoms with Gasteiger partial charge >= 0.3 is 0 Å². The predicted octanol–water partition coefficient (Wildman–Crippen LogP) is 18.0. The zero-order valence-electron chi connectivity index (χ0n) is 40.3. The first-order valence-electron chi connectivity index (χ1n) is 25.5. The summed E-state index contributed by atoms with van der Waals surface area (Å²) in [5.74, 6) is 1.68. The maximum atomic E-state index is 6.67. The topological polar surface area (TPSA) is 65.0 Å². The molecule has 16 rings (SSSR count). The largest absolute Gasteiger partial charge is 0.456 e.